The van der Waals surface area contributed by atoms with Gasteiger partial charge in [0.25, 0.3) is 0 Å². The number of nitrogens with one attached hydrogen (secondary N) is 1. The standard InChI is InChI=1S/C14H17N3S/c1-17(2)13-8-5-11(6-9-13)4-7-12-10-14(18-3)16-15-12/h4-10H,1-3H3,(H,15,16)/b7-4+. The molecule has 0 spiro atoms. The van der Waals surface area contributed by atoms with E-state index >= 15 is 0 Å². The average Bonchev–Trinajstić information content (AvgIpc) is 2.85. The summed E-state index contributed by atoms with van der Waals surface area (Å²) in [5.74, 6) is 0. The first-order valence-electron chi connectivity index (χ1n) is 5.74. The number of thioether (sulfide) groups is 1. The predicted molar refractivity (Wildman–Crippen MR) is 80.1 cm³/mol. The average molecular weight is 259 g/mol. The number of H-pyrrole nitrogens is 1. The van der Waals surface area contributed by atoms with Gasteiger partial charge in [-0.25, -0.2) is 0 Å². The van der Waals surface area contributed by atoms with Crippen molar-refractivity contribution in [3.63, 3.8) is 0 Å². The number of benzene rings is 1. The van der Waals surface area contributed by atoms with Gasteiger partial charge in [-0.1, -0.05) is 18.2 Å². The molecule has 0 saturated carbocycles. The zero-order chi connectivity index (χ0) is 13.0. The number of aromatic amines is 1. The molecule has 0 radical (unpaired) electrons. The molecule has 1 aromatic carbocycles. The first-order valence-corrected chi connectivity index (χ1v) is 6.96. The second-order valence-corrected chi connectivity index (χ2v) is 5.01. The fraction of sp³-hybridized carbons (Fsp3) is 0.214. The van der Waals surface area contributed by atoms with E-state index in [4.69, 9.17) is 0 Å². The van der Waals surface area contributed by atoms with E-state index in [0.717, 1.165) is 10.7 Å². The van der Waals surface area contributed by atoms with Crippen LogP contribution in [0.1, 0.15) is 11.3 Å². The summed E-state index contributed by atoms with van der Waals surface area (Å²) in [5, 5.41) is 8.17. The highest BCUT2D eigenvalue weighted by molar-refractivity contribution is 7.98. The molecule has 3 nitrogen and oxygen atoms in total. The maximum absolute atomic E-state index is 4.16. The predicted octanol–water partition coefficient (Wildman–Crippen LogP) is 3.37. The lowest BCUT2D eigenvalue weighted by molar-refractivity contribution is 1.000. The molecule has 0 aliphatic carbocycles. The van der Waals surface area contributed by atoms with Crippen LogP contribution in [0, 0.1) is 0 Å². The van der Waals surface area contributed by atoms with E-state index in [0.29, 0.717) is 0 Å². The molecule has 1 N–H and O–H groups in total. The Hall–Kier alpha value is -1.68. The molecule has 0 saturated heterocycles. The highest BCUT2D eigenvalue weighted by Crippen LogP contribution is 2.16. The number of nitrogens with zero attached hydrogens (tertiary/aromatic N) is 2. The van der Waals surface area contributed by atoms with Gasteiger partial charge >= 0.3 is 0 Å². The summed E-state index contributed by atoms with van der Waals surface area (Å²) in [6.07, 6.45) is 6.14. The van der Waals surface area contributed by atoms with Crippen molar-refractivity contribution in [2.24, 2.45) is 0 Å². The van der Waals surface area contributed by atoms with Crippen molar-refractivity contribution < 1.29 is 0 Å². The summed E-state index contributed by atoms with van der Waals surface area (Å²) in [5.41, 5.74) is 3.41. The minimum Gasteiger partial charge on any atom is -0.378 e. The van der Waals surface area contributed by atoms with Gasteiger partial charge in [0.2, 0.25) is 0 Å². The van der Waals surface area contributed by atoms with E-state index in [1.807, 2.05) is 32.5 Å². The molecule has 2 rings (SSSR count). The smallest absolute Gasteiger partial charge is 0.118 e. The Kier molecular flexibility index (Phi) is 4.10. The SMILES string of the molecule is CSc1cc(/C=C/c2ccc(N(C)C)cc2)[nH]n1. The summed E-state index contributed by atoms with van der Waals surface area (Å²) < 4.78 is 0. The molecule has 0 aliphatic heterocycles. The Bertz CT molecular complexity index is 526. The molecule has 18 heavy (non-hydrogen) atoms. The van der Waals surface area contributed by atoms with Gasteiger partial charge in [0, 0.05) is 19.8 Å². The van der Waals surface area contributed by atoms with Crippen LogP contribution in [0.15, 0.2) is 35.4 Å². The van der Waals surface area contributed by atoms with E-state index in [1.54, 1.807) is 11.8 Å². The Labute approximate surface area is 112 Å². The Morgan fingerprint density at radius 1 is 1.17 bits per heavy atom. The maximum Gasteiger partial charge on any atom is 0.118 e. The fourth-order valence-corrected chi connectivity index (χ4v) is 1.96. The first-order chi connectivity index (χ1) is 8.69. The fourth-order valence-electron chi connectivity index (χ4n) is 1.58. The molecule has 0 bridgehead atoms. The van der Waals surface area contributed by atoms with Crippen LogP contribution in [-0.2, 0) is 0 Å². The van der Waals surface area contributed by atoms with Crippen molar-refractivity contribution in [1.82, 2.24) is 10.2 Å². The minimum absolute atomic E-state index is 1.01. The zero-order valence-corrected chi connectivity index (χ0v) is 11.7. The molecule has 0 fully saturated rings. The van der Waals surface area contributed by atoms with E-state index < -0.39 is 0 Å². The first kappa shape index (κ1) is 12.8. The largest absolute Gasteiger partial charge is 0.378 e. The third-order valence-corrected chi connectivity index (χ3v) is 3.28. The van der Waals surface area contributed by atoms with Crippen molar-refractivity contribution in [3.05, 3.63) is 41.6 Å². The quantitative estimate of drug-likeness (QED) is 0.854. The molecule has 4 heteroatoms. The maximum atomic E-state index is 4.16. The number of anilines is 1. The van der Waals surface area contributed by atoms with Crippen LogP contribution < -0.4 is 4.90 Å². The third-order valence-electron chi connectivity index (χ3n) is 2.65. The summed E-state index contributed by atoms with van der Waals surface area (Å²) >= 11 is 1.63. The van der Waals surface area contributed by atoms with Crippen molar-refractivity contribution in [2.75, 3.05) is 25.3 Å². The van der Waals surface area contributed by atoms with Crippen molar-refractivity contribution in [1.29, 1.82) is 0 Å². The molecule has 0 unspecified atom stereocenters. The highest BCUT2D eigenvalue weighted by Gasteiger charge is 1.96. The van der Waals surface area contributed by atoms with Crippen molar-refractivity contribution in [2.45, 2.75) is 5.03 Å². The Balaban J connectivity index is 2.08. The topological polar surface area (TPSA) is 31.9 Å². The molecule has 1 heterocycles. The van der Waals surface area contributed by atoms with Crippen LogP contribution in [-0.4, -0.2) is 30.5 Å². The Morgan fingerprint density at radius 3 is 2.44 bits per heavy atom. The van der Waals surface area contributed by atoms with Crippen LogP contribution >= 0.6 is 11.8 Å². The highest BCUT2D eigenvalue weighted by atomic mass is 32.2. The third kappa shape index (κ3) is 3.17. The van der Waals surface area contributed by atoms with E-state index in [-0.39, 0.29) is 0 Å². The van der Waals surface area contributed by atoms with E-state index in [2.05, 4.69) is 45.4 Å². The zero-order valence-electron chi connectivity index (χ0n) is 10.8. The van der Waals surface area contributed by atoms with E-state index in [9.17, 15) is 0 Å². The van der Waals surface area contributed by atoms with Gasteiger partial charge in [0.15, 0.2) is 0 Å². The van der Waals surface area contributed by atoms with Crippen molar-refractivity contribution >= 4 is 29.6 Å². The minimum atomic E-state index is 1.01. The van der Waals surface area contributed by atoms with Gasteiger partial charge in [-0.3, -0.25) is 5.10 Å². The van der Waals surface area contributed by atoms with Gasteiger partial charge < -0.3 is 4.90 Å². The summed E-state index contributed by atoms with van der Waals surface area (Å²) in [6, 6.07) is 10.5. The van der Waals surface area contributed by atoms with Crippen LogP contribution in [0.5, 0.6) is 0 Å². The lowest BCUT2D eigenvalue weighted by Gasteiger charge is -2.11. The van der Waals surface area contributed by atoms with Gasteiger partial charge in [-0.05, 0) is 36.1 Å². The summed E-state index contributed by atoms with van der Waals surface area (Å²) in [6.45, 7) is 0. The molecular weight excluding hydrogens is 242 g/mol. The van der Waals surface area contributed by atoms with Crippen LogP contribution in [0.3, 0.4) is 0 Å². The molecule has 0 amide bonds. The van der Waals surface area contributed by atoms with Gasteiger partial charge in [-0.15, -0.1) is 11.8 Å². The second kappa shape index (κ2) is 5.78. The van der Waals surface area contributed by atoms with E-state index in [1.165, 1.54) is 11.3 Å². The molecular formula is C14H17N3S. The lowest BCUT2D eigenvalue weighted by atomic mass is 10.2. The van der Waals surface area contributed by atoms with Crippen molar-refractivity contribution in [3.8, 4) is 0 Å². The second-order valence-electron chi connectivity index (χ2n) is 4.18. The van der Waals surface area contributed by atoms with Crippen LogP contribution in [0.4, 0.5) is 5.69 Å². The van der Waals surface area contributed by atoms with Gasteiger partial charge in [0.1, 0.15) is 5.03 Å². The monoisotopic (exact) mass is 259 g/mol. The number of hydrogen-bond donors (Lipinski definition) is 1. The molecule has 0 atom stereocenters. The Morgan fingerprint density at radius 2 is 1.89 bits per heavy atom. The molecule has 2 aromatic rings. The summed E-state index contributed by atoms with van der Waals surface area (Å²) in [4.78, 5) is 2.09. The molecule has 0 aliphatic rings. The number of aromatic nitrogens is 2. The van der Waals surface area contributed by atoms with Gasteiger partial charge in [0.05, 0.1) is 5.69 Å². The van der Waals surface area contributed by atoms with Gasteiger partial charge in [-0.2, -0.15) is 5.10 Å². The normalized spacial score (nSPS) is 11.1. The number of hydrogen-bond acceptors (Lipinski definition) is 3. The summed E-state index contributed by atoms with van der Waals surface area (Å²) in [7, 11) is 4.08. The van der Waals surface area contributed by atoms with Crippen LogP contribution in [0.25, 0.3) is 12.2 Å². The van der Waals surface area contributed by atoms with Crippen LogP contribution in [0.2, 0.25) is 0 Å². The molecule has 1 aromatic heterocycles. The molecule has 94 valence electrons. The number of rotatable bonds is 4. The lowest BCUT2D eigenvalue weighted by Crippen LogP contribution is -2.07.